The minimum Gasteiger partial charge on any atom is -0.366 e. The molecule has 2 aliphatic rings. The lowest BCUT2D eigenvalue weighted by atomic mass is 9.97. The van der Waals surface area contributed by atoms with Crippen LogP contribution in [0.3, 0.4) is 0 Å². The minimum absolute atomic E-state index is 0.203. The molecule has 162 valence electrons. The number of likely N-dealkylation sites (tertiary alicyclic amines) is 1. The second-order valence-corrected chi connectivity index (χ2v) is 8.15. The standard InChI is InChI=1S/C24H23F3N2O2/c1-16-10-12-28(13-11-16)21-20(18-7-3-2-4-8-18)22(30)29(23(21)31)15-17-6-5-9-19(14-17)24(25,26)27/h2-9,14,16H,10-13,15H2,1H3. The summed E-state index contributed by atoms with van der Waals surface area (Å²) in [5, 5.41) is 0. The van der Waals surface area contributed by atoms with Gasteiger partial charge in [0.1, 0.15) is 5.70 Å². The molecular formula is C24H23F3N2O2. The lowest BCUT2D eigenvalue weighted by Crippen LogP contribution is -2.38. The molecule has 4 rings (SSSR count). The molecule has 0 N–H and O–H groups in total. The van der Waals surface area contributed by atoms with Crippen molar-refractivity contribution in [3.05, 3.63) is 77.0 Å². The lowest BCUT2D eigenvalue weighted by Gasteiger charge is -2.32. The summed E-state index contributed by atoms with van der Waals surface area (Å²) in [6.45, 7) is 3.30. The third-order valence-electron chi connectivity index (χ3n) is 5.90. The molecule has 0 bridgehead atoms. The summed E-state index contributed by atoms with van der Waals surface area (Å²) in [6.07, 6.45) is -2.65. The molecule has 1 saturated heterocycles. The number of amides is 2. The summed E-state index contributed by atoms with van der Waals surface area (Å²) >= 11 is 0. The zero-order chi connectivity index (χ0) is 22.2. The molecule has 2 amide bonds. The predicted molar refractivity (Wildman–Crippen MR) is 110 cm³/mol. The van der Waals surface area contributed by atoms with Crippen molar-refractivity contribution in [3.8, 4) is 0 Å². The number of rotatable bonds is 4. The molecule has 0 spiro atoms. The van der Waals surface area contributed by atoms with E-state index in [9.17, 15) is 22.8 Å². The number of hydrogen-bond acceptors (Lipinski definition) is 3. The molecular weight excluding hydrogens is 405 g/mol. The van der Waals surface area contributed by atoms with Gasteiger partial charge in [-0.2, -0.15) is 13.2 Å². The summed E-state index contributed by atoms with van der Waals surface area (Å²) in [5.41, 5.74) is 0.784. The molecule has 2 aliphatic heterocycles. The van der Waals surface area contributed by atoms with Crippen molar-refractivity contribution < 1.29 is 22.8 Å². The van der Waals surface area contributed by atoms with Crippen LogP contribution in [0.25, 0.3) is 5.57 Å². The average Bonchev–Trinajstić information content (AvgIpc) is 2.99. The van der Waals surface area contributed by atoms with Gasteiger partial charge in [-0.1, -0.05) is 49.4 Å². The number of carbonyl (C=O) groups is 2. The smallest absolute Gasteiger partial charge is 0.366 e. The van der Waals surface area contributed by atoms with Crippen LogP contribution in [0.15, 0.2) is 60.3 Å². The molecule has 2 aromatic rings. The highest BCUT2D eigenvalue weighted by Gasteiger charge is 2.42. The fraction of sp³-hybridized carbons (Fsp3) is 0.333. The maximum atomic E-state index is 13.3. The minimum atomic E-state index is -4.49. The molecule has 0 radical (unpaired) electrons. The molecule has 0 saturated carbocycles. The largest absolute Gasteiger partial charge is 0.416 e. The van der Waals surface area contributed by atoms with Crippen LogP contribution in [0, 0.1) is 5.92 Å². The lowest BCUT2D eigenvalue weighted by molar-refractivity contribution is -0.138. The van der Waals surface area contributed by atoms with E-state index in [1.165, 1.54) is 12.1 Å². The molecule has 4 nitrogen and oxygen atoms in total. The van der Waals surface area contributed by atoms with Crippen LogP contribution in [-0.4, -0.2) is 34.7 Å². The van der Waals surface area contributed by atoms with Crippen molar-refractivity contribution in [1.82, 2.24) is 9.80 Å². The van der Waals surface area contributed by atoms with E-state index >= 15 is 0 Å². The van der Waals surface area contributed by atoms with Gasteiger partial charge >= 0.3 is 6.18 Å². The monoisotopic (exact) mass is 428 g/mol. The Kier molecular flexibility index (Phi) is 5.60. The third kappa shape index (κ3) is 4.22. The molecule has 2 aromatic carbocycles. The van der Waals surface area contributed by atoms with Gasteiger partial charge in [0, 0.05) is 13.1 Å². The van der Waals surface area contributed by atoms with E-state index in [4.69, 9.17) is 0 Å². The third-order valence-corrected chi connectivity index (χ3v) is 5.90. The van der Waals surface area contributed by atoms with Gasteiger partial charge in [-0.3, -0.25) is 14.5 Å². The Hall–Kier alpha value is -3.09. The molecule has 0 atom stereocenters. The van der Waals surface area contributed by atoms with E-state index in [1.807, 2.05) is 11.0 Å². The first-order valence-corrected chi connectivity index (χ1v) is 10.3. The highest BCUT2D eigenvalue weighted by Crippen LogP contribution is 2.35. The van der Waals surface area contributed by atoms with Crippen LogP contribution in [0.5, 0.6) is 0 Å². The summed E-state index contributed by atoms with van der Waals surface area (Å²) < 4.78 is 39.3. The molecule has 0 aliphatic carbocycles. The van der Waals surface area contributed by atoms with Gasteiger partial charge in [0.25, 0.3) is 11.8 Å². The van der Waals surface area contributed by atoms with E-state index in [2.05, 4.69) is 6.92 Å². The summed E-state index contributed by atoms with van der Waals surface area (Å²) in [7, 11) is 0. The number of hydrogen-bond donors (Lipinski definition) is 0. The van der Waals surface area contributed by atoms with E-state index in [1.54, 1.807) is 24.3 Å². The van der Waals surface area contributed by atoms with Crippen LogP contribution >= 0.6 is 0 Å². The van der Waals surface area contributed by atoms with Gasteiger partial charge in [-0.25, -0.2) is 0 Å². The van der Waals surface area contributed by atoms with Crippen molar-refractivity contribution >= 4 is 17.4 Å². The van der Waals surface area contributed by atoms with Crippen molar-refractivity contribution in [1.29, 1.82) is 0 Å². The highest BCUT2D eigenvalue weighted by atomic mass is 19.4. The first-order chi connectivity index (χ1) is 14.8. The molecule has 0 aromatic heterocycles. The second kappa shape index (κ2) is 8.21. The SMILES string of the molecule is CC1CCN(C2=C(c3ccccc3)C(=O)N(Cc3cccc(C(F)(F)F)c3)C2=O)CC1. The maximum absolute atomic E-state index is 13.3. The number of benzene rings is 2. The zero-order valence-electron chi connectivity index (χ0n) is 17.2. The van der Waals surface area contributed by atoms with Gasteiger partial charge in [-0.05, 0) is 42.0 Å². The van der Waals surface area contributed by atoms with E-state index in [-0.39, 0.29) is 12.1 Å². The molecule has 2 heterocycles. The fourth-order valence-corrected chi connectivity index (χ4v) is 4.13. The van der Waals surface area contributed by atoms with Gasteiger partial charge in [-0.15, -0.1) is 0 Å². The quantitative estimate of drug-likeness (QED) is 0.662. The van der Waals surface area contributed by atoms with Crippen LogP contribution in [0.2, 0.25) is 0 Å². The normalized spacial score (nSPS) is 18.3. The van der Waals surface area contributed by atoms with Gasteiger partial charge in [0.15, 0.2) is 0 Å². The average molecular weight is 428 g/mol. The van der Waals surface area contributed by atoms with E-state index in [0.717, 1.165) is 29.9 Å². The summed E-state index contributed by atoms with van der Waals surface area (Å²) in [6, 6.07) is 13.7. The Morgan fingerprint density at radius 3 is 2.26 bits per heavy atom. The first kappa shape index (κ1) is 21.2. The van der Waals surface area contributed by atoms with Gasteiger partial charge in [0.2, 0.25) is 0 Å². The Morgan fingerprint density at radius 1 is 0.935 bits per heavy atom. The van der Waals surface area contributed by atoms with Crippen LogP contribution in [-0.2, 0) is 22.3 Å². The van der Waals surface area contributed by atoms with Gasteiger partial charge in [0.05, 0.1) is 17.7 Å². The number of imide groups is 1. The number of halogens is 3. The summed E-state index contributed by atoms with van der Waals surface area (Å²) in [5.74, 6) is -0.372. The number of alkyl halides is 3. The van der Waals surface area contributed by atoms with Crippen molar-refractivity contribution in [3.63, 3.8) is 0 Å². The first-order valence-electron chi connectivity index (χ1n) is 10.3. The van der Waals surface area contributed by atoms with Crippen LogP contribution < -0.4 is 0 Å². The van der Waals surface area contributed by atoms with Gasteiger partial charge < -0.3 is 4.90 Å². The molecule has 7 heteroatoms. The molecule has 0 unspecified atom stereocenters. The van der Waals surface area contributed by atoms with Crippen LogP contribution in [0.4, 0.5) is 13.2 Å². The van der Waals surface area contributed by atoms with E-state index in [0.29, 0.717) is 35.8 Å². The van der Waals surface area contributed by atoms with E-state index < -0.39 is 23.6 Å². The second-order valence-electron chi connectivity index (χ2n) is 8.15. The Morgan fingerprint density at radius 2 is 1.61 bits per heavy atom. The fourth-order valence-electron chi connectivity index (χ4n) is 4.13. The van der Waals surface area contributed by atoms with Crippen LogP contribution in [0.1, 0.15) is 36.5 Å². The number of piperidine rings is 1. The summed E-state index contributed by atoms with van der Waals surface area (Å²) in [4.78, 5) is 29.7. The molecule has 31 heavy (non-hydrogen) atoms. The zero-order valence-corrected chi connectivity index (χ0v) is 17.2. The Balaban J connectivity index is 1.69. The predicted octanol–water partition coefficient (Wildman–Crippen LogP) is 4.72. The van der Waals surface area contributed by atoms with Crippen molar-refractivity contribution in [2.45, 2.75) is 32.5 Å². The highest BCUT2D eigenvalue weighted by molar-refractivity contribution is 6.35. The van der Waals surface area contributed by atoms with Crippen molar-refractivity contribution in [2.24, 2.45) is 5.92 Å². The number of carbonyl (C=O) groups excluding carboxylic acids is 2. The Labute approximate surface area is 179 Å². The van der Waals surface area contributed by atoms with Crippen molar-refractivity contribution in [2.75, 3.05) is 13.1 Å². The maximum Gasteiger partial charge on any atom is 0.416 e. The topological polar surface area (TPSA) is 40.6 Å². The Bertz CT molecular complexity index is 1020. The molecule has 1 fully saturated rings. The number of nitrogens with zero attached hydrogens (tertiary/aromatic N) is 2.